The molecule has 2 unspecified atom stereocenters. The van der Waals surface area contributed by atoms with Gasteiger partial charge in [0, 0.05) is 11.5 Å². The van der Waals surface area contributed by atoms with E-state index < -0.39 is 0 Å². The van der Waals surface area contributed by atoms with Crippen molar-refractivity contribution in [2.24, 2.45) is 17.8 Å². The number of halogens is 1. The summed E-state index contributed by atoms with van der Waals surface area (Å²) in [5.74, 6) is 2.25. The lowest BCUT2D eigenvalue weighted by atomic mass is 9.77. The largest absolute Gasteiger partial charge is 0.295 e. The van der Waals surface area contributed by atoms with Crippen molar-refractivity contribution in [2.45, 2.75) is 25.7 Å². The van der Waals surface area contributed by atoms with Crippen LogP contribution in [0, 0.1) is 17.8 Å². The van der Waals surface area contributed by atoms with Gasteiger partial charge in [0.1, 0.15) is 0 Å². The fourth-order valence-corrected chi connectivity index (χ4v) is 2.64. The Balaban J connectivity index is 1.94. The molecule has 0 heterocycles. The van der Waals surface area contributed by atoms with Crippen molar-refractivity contribution in [3.05, 3.63) is 11.6 Å². The molecule has 0 aromatic carbocycles. The summed E-state index contributed by atoms with van der Waals surface area (Å²) in [5, 5.41) is 0. The first kappa shape index (κ1) is 8.31. The summed E-state index contributed by atoms with van der Waals surface area (Å²) in [6.45, 7) is 0. The number of hydrogen-bond acceptors (Lipinski definition) is 1. The normalized spacial score (nSPS) is 39.6. The highest BCUT2D eigenvalue weighted by Crippen LogP contribution is 2.49. The number of fused-ring (bicyclic) bond motifs is 1. The van der Waals surface area contributed by atoms with Gasteiger partial charge in [-0.25, -0.2) is 0 Å². The Bertz CT molecular complexity index is 210. The highest BCUT2D eigenvalue weighted by molar-refractivity contribution is 6.26. The first-order valence-corrected chi connectivity index (χ1v) is 5.05. The van der Waals surface area contributed by atoms with Crippen LogP contribution in [0.3, 0.4) is 0 Å². The minimum Gasteiger partial charge on any atom is -0.295 e. The summed E-state index contributed by atoms with van der Waals surface area (Å²) >= 11 is 5.36. The first-order valence-electron chi connectivity index (χ1n) is 4.62. The molecule has 2 fully saturated rings. The van der Waals surface area contributed by atoms with Crippen LogP contribution < -0.4 is 0 Å². The monoisotopic (exact) mass is 184 g/mol. The maximum Gasteiger partial charge on any atom is 0.159 e. The molecule has 0 aromatic heterocycles. The van der Waals surface area contributed by atoms with Gasteiger partial charge < -0.3 is 0 Å². The molecular weight excluding hydrogens is 172 g/mol. The van der Waals surface area contributed by atoms with Crippen LogP contribution in [0.5, 0.6) is 0 Å². The van der Waals surface area contributed by atoms with Gasteiger partial charge in [-0.2, -0.15) is 0 Å². The van der Waals surface area contributed by atoms with Crippen molar-refractivity contribution < 1.29 is 4.79 Å². The SMILES string of the molecule is O=C(C=CCl)C1CC2CCC2C1. The Morgan fingerprint density at radius 1 is 1.25 bits per heavy atom. The lowest BCUT2D eigenvalue weighted by Gasteiger charge is -2.29. The molecule has 0 saturated heterocycles. The van der Waals surface area contributed by atoms with Gasteiger partial charge in [-0.1, -0.05) is 11.6 Å². The molecule has 12 heavy (non-hydrogen) atoms. The Hall–Kier alpha value is -0.300. The van der Waals surface area contributed by atoms with Crippen molar-refractivity contribution in [1.29, 1.82) is 0 Å². The van der Waals surface area contributed by atoms with E-state index in [2.05, 4.69) is 0 Å². The van der Waals surface area contributed by atoms with Crippen LogP contribution in [-0.4, -0.2) is 5.78 Å². The van der Waals surface area contributed by atoms with Crippen molar-refractivity contribution in [3.8, 4) is 0 Å². The van der Waals surface area contributed by atoms with E-state index in [1.165, 1.54) is 24.5 Å². The fourth-order valence-electron chi connectivity index (χ4n) is 2.52. The third-order valence-corrected chi connectivity index (χ3v) is 3.51. The maximum absolute atomic E-state index is 11.4. The molecule has 1 nitrogen and oxygen atoms in total. The topological polar surface area (TPSA) is 17.1 Å². The maximum atomic E-state index is 11.4. The average molecular weight is 185 g/mol. The van der Waals surface area contributed by atoms with Gasteiger partial charge in [-0.15, -0.1) is 0 Å². The quantitative estimate of drug-likeness (QED) is 0.604. The second-order valence-corrected chi connectivity index (χ2v) is 4.21. The molecule has 2 saturated carbocycles. The zero-order chi connectivity index (χ0) is 8.55. The zero-order valence-electron chi connectivity index (χ0n) is 7.00. The number of allylic oxidation sites excluding steroid dienone is 1. The summed E-state index contributed by atoms with van der Waals surface area (Å²) in [7, 11) is 0. The van der Waals surface area contributed by atoms with Crippen LogP contribution in [0.25, 0.3) is 0 Å². The fraction of sp³-hybridized carbons (Fsp3) is 0.700. The molecule has 0 bridgehead atoms. The van der Waals surface area contributed by atoms with Gasteiger partial charge in [0.05, 0.1) is 0 Å². The van der Waals surface area contributed by atoms with Crippen LogP contribution in [0.1, 0.15) is 25.7 Å². The van der Waals surface area contributed by atoms with Crippen LogP contribution >= 0.6 is 11.6 Å². The third-order valence-electron chi connectivity index (χ3n) is 3.38. The molecule has 0 aromatic rings. The van der Waals surface area contributed by atoms with E-state index in [0.29, 0.717) is 0 Å². The average Bonchev–Trinajstić information content (AvgIpc) is 2.29. The van der Waals surface area contributed by atoms with Crippen molar-refractivity contribution in [2.75, 3.05) is 0 Å². The molecule has 0 radical (unpaired) electrons. The third kappa shape index (κ3) is 1.31. The van der Waals surface area contributed by atoms with Gasteiger partial charge >= 0.3 is 0 Å². The molecule has 0 spiro atoms. The van der Waals surface area contributed by atoms with Crippen LogP contribution in [0.4, 0.5) is 0 Å². The molecule has 0 amide bonds. The molecule has 2 aliphatic carbocycles. The van der Waals surface area contributed by atoms with Gasteiger partial charge in [-0.05, 0) is 43.6 Å². The lowest BCUT2D eigenvalue weighted by molar-refractivity contribution is -0.118. The van der Waals surface area contributed by atoms with Gasteiger partial charge in [0.15, 0.2) is 5.78 Å². The highest BCUT2D eigenvalue weighted by Gasteiger charge is 2.41. The number of rotatable bonds is 2. The predicted molar refractivity (Wildman–Crippen MR) is 48.9 cm³/mol. The molecule has 66 valence electrons. The van der Waals surface area contributed by atoms with E-state index in [0.717, 1.165) is 24.7 Å². The van der Waals surface area contributed by atoms with Crippen molar-refractivity contribution in [1.82, 2.24) is 0 Å². The standard InChI is InChI=1S/C10H13ClO/c11-4-3-10(12)9-5-7-1-2-8(7)6-9/h3-4,7-9H,1-2,5-6H2. The second-order valence-electron chi connectivity index (χ2n) is 3.96. The molecule has 2 rings (SSSR count). The predicted octanol–water partition coefficient (Wildman–Crippen LogP) is 2.74. The zero-order valence-corrected chi connectivity index (χ0v) is 7.76. The molecule has 2 aliphatic rings. The smallest absolute Gasteiger partial charge is 0.159 e. The van der Waals surface area contributed by atoms with E-state index in [-0.39, 0.29) is 11.7 Å². The molecular formula is C10H13ClO. The number of hydrogen-bond donors (Lipinski definition) is 0. The molecule has 2 atom stereocenters. The van der Waals surface area contributed by atoms with E-state index in [1.807, 2.05) is 0 Å². The van der Waals surface area contributed by atoms with E-state index in [9.17, 15) is 4.79 Å². The second kappa shape index (κ2) is 3.21. The number of ketones is 1. The number of carbonyl (C=O) groups is 1. The van der Waals surface area contributed by atoms with Crippen LogP contribution in [0.15, 0.2) is 11.6 Å². The van der Waals surface area contributed by atoms with Gasteiger partial charge in [0.25, 0.3) is 0 Å². The molecule has 0 N–H and O–H groups in total. The van der Waals surface area contributed by atoms with Crippen LogP contribution in [-0.2, 0) is 4.79 Å². The minimum atomic E-state index is 0.236. The van der Waals surface area contributed by atoms with Gasteiger partial charge in [0.2, 0.25) is 0 Å². The van der Waals surface area contributed by atoms with Gasteiger partial charge in [-0.3, -0.25) is 4.79 Å². The number of carbonyl (C=O) groups excluding carboxylic acids is 1. The van der Waals surface area contributed by atoms with Crippen LogP contribution in [0.2, 0.25) is 0 Å². The first-order chi connectivity index (χ1) is 5.81. The lowest BCUT2D eigenvalue weighted by Crippen LogP contribution is -2.18. The molecule has 2 heteroatoms. The summed E-state index contributed by atoms with van der Waals surface area (Å²) in [5.41, 5.74) is 1.34. The van der Waals surface area contributed by atoms with E-state index in [1.54, 1.807) is 0 Å². The summed E-state index contributed by atoms with van der Waals surface area (Å²) in [4.78, 5) is 11.4. The Morgan fingerprint density at radius 2 is 1.83 bits per heavy atom. The van der Waals surface area contributed by atoms with E-state index >= 15 is 0 Å². The highest BCUT2D eigenvalue weighted by atomic mass is 35.5. The Kier molecular flexibility index (Phi) is 2.22. The summed E-state index contributed by atoms with van der Waals surface area (Å²) in [6, 6.07) is 0. The Labute approximate surface area is 77.8 Å². The summed E-state index contributed by atoms with van der Waals surface area (Å²) < 4.78 is 0. The van der Waals surface area contributed by atoms with Crippen molar-refractivity contribution >= 4 is 17.4 Å². The molecule has 0 aliphatic heterocycles. The minimum absolute atomic E-state index is 0.236. The van der Waals surface area contributed by atoms with Crippen molar-refractivity contribution in [3.63, 3.8) is 0 Å². The van der Waals surface area contributed by atoms with E-state index in [4.69, 9.17) is 11.6 Å². The Morgan fingerprint density at radius 3 is 2.25 bits per heavy atom. The summed E-state index contributed by atoms with van der Waals surface area (Å²) in [6.07, 6.45) is 6.44.